The minimum atomic E-state index is -0.295. The van der Waals surface area contributed by atoms with E-state index in [4.69, 9.17) is 16.3 Å². The fourth-order valence-corrected chi connectivity index (χ4v) is 3.51. The average Bonchev–Trinajstić information content (AvgIpc) is 3.19. The summed E-state index contributed by atoms with van der Waals surface area (Å²) in [5.41, 5.74) is 2.39. The second-order valence-electron chi connectivity index (χ2n) is 7.41. The molecule has 0 radical (unpaired) electrons. The highest BCUT2D eigenvalue weighted by molar-refractivity contribution is 6.30. The van der Waals surface area contributed by atoms with Gasteiger partial charge in [0.05, 0.1) is 17.6 Å². The summed E-state index contributed by atoms with van der Waals surface area (Å²) >= 11 is 5.86. The number of benzene rings is 3. The maximum absolute atomic E-state index is 13.0. The lowest BCUT2D eigenvalue weighted by atomic mass is 10.3. The van der Waals surface area contributed by atoms with Crippen molar-refractivity contribution in [3.05, 3.63) is 89.7 Å². The Bertz CT molecular complexity index is 1260. The summed E-state index contributed by atoms with van der Waals surface area (Å²) in [5, 5.41) is 3.41. The molecule has 7 nitrogen and oxygen atoms in total. The van der Waals surface area contributed by atoms with Crippen LogP contribution in [0, 0.1) is 0 Å². The Morgan fingerprint density at radius 1 is 1.00 bits per heavy atom. The summed E-state index contributed by atoms with van der Waals surface area (Å²) in [6, 6.07) is 23.8. The monoisotopic (exact) mass is 462 g/mol. The third-order valence-electron chi connectivity index (χ3n) is 5.17. The Morgan fingerprint density at radius 2 is 1.70 bits per heavy atom. The fraction of sp³-hybridized carbons (Fsp3) is 0.160. The van der Waals surface area contributed by atoms with Gasteiger partial charge in [-0.25, -0.2) is 4.98 Å². The number of aromatic nitrogens is 2. The summed E-state index contributed by atoms with van der Waals surface area (Å²) in [7, 11) is 1.74. The van der Waals surface area contributed by atoms with E-state index >= 15 is 0 Å². The van der Waals surface area contributed by atoms with Crippen LogP contribution < -0.4 is 15.0 Å². The van der Waals surface area contributed by atoms with Crippen LogP contribution in [0.1, 0.15) is 5.82 Å². The number of hydrogen-bond donors (Lipinski definition) is 1. The van der Waals surface area contributed by atoms with Gasteiger partial charge in [-0.15, -0.1) is 0 Å². The van der Waals surface area contributed by atoms with E-state index in [1.807, 2.05) is 59.2 Å². The van der Waals surface area contributed by atoms with E-state index in [0.717, 1.165) is 16.7 Å². The molecule has 0 aliphatic rings. The van der Waals surface area contributed by atoms with Crippen molar-refractivity contribution >= 4 is 40.1 Å². The van der Waals surface area contributed by atoms with Gasteiger partial charge in [0.2, 0.25) is 5.91 Å². The van der Waals surface area contributed by atoms with E-state index in [1.54, 1.807) is 36.2 Å². The fourth-order valence-electron chi connectivity index (χ4n) is 3.38. The van der Waals surface area contributed by atoms with Gasteiger partial charge in [0, 0.05) is 17.8 Å². The third-order valence-corrected chi connectivity index (χ3v) is 5.42. The number of para-hydroxylation sites is 3. The number of likely N-dealkylation sites (N-methyl/N-ethyl adjacent to an activating group) is 1. The van der Waals surface area contributed by atoms with Crippen molar-refractivity contribution in [2.24, 2.45) is 0 Å². The molecule has 0 saturated carbocycles. The molecule has 0 bridgehead atoms. The van der Waals surface area contributed by atoms with Crippen LogP contribution in [0.15, 0.2) is 78.9 Å². The van der Waals surface area contributed by atoms with Gasteiger partial charge in [0.15, 0.2) is 6.61 Å². The number of rotatable bonds is 8. The van der Waals surface area contributed by atoms with Crippen LogP contribution >= 0.6 is 11.6 Å². The highest BCUT2D eigenvalue weighted by Crippen LogP contribution is 2.18. The van der Waals surface area contributed by atoms with Crippen LogP contribution in [0.5, 0.6) is 5.75 Å². The van der Waals surface area contributed by atoms with Crippen LogP contribution in [0.25, 0.3) is 11.0 Å². The van der Waals surface area contributed by atoms with Gasteiger partial charge in [-0.05, 0) is 48.5 Å². The molecule has 33 heavy (non-hydrogen) atoms. The van der Waals surface area contributed by atoms with E-state index in [1.165, 1.54) is 0 Å². The Hall–Kier alpha value is -3.84. The number of nitrogens with one attached hydrogen (secondary N) is 1. The van der Waals surface area contributed by atoms with Crippen molar-refractivity contribution in [1.82, 2.24) is 14.9 Å². The topological polar surface area (TPSA) is 76.5 Å². The van der Waals surface area contributed by atoms with Gasteiger partial charge >= 0.3 is 0 Å². The van der Waals surface area contributed by atoms with Gasteiger partial charge in [-0.1, -0.05) is 41.9 Å². The zero-order valence-corrected chi connectivity index (χ0v) is 18.8. The molecule has 1 N–H and O–H groups in total. The number of halogens is 1. The van der Waals surface area contributed by atoms with Crippen molar-refractivity contribution in [2.45, 2.75) is 13.1 Å². The van der Waals surface area contributed by atoms with Crippen LogP contribution in [-0.4, -0.2) is 35.0 Å². The average molecular weight is 463 g/mol. The van der Waals surface area contributed by atoms with Crippen molar-refractivity contribution in [3.8, 4) is 5.75 Å². The van der Waals surface area contributed by atoms with Crippen molar-refractivity contribution < 1.29 is 14.3 Å². The first-order chi connectivity index (χ1) is 16.0. The standard InChI is InChI=1S/C25H23ClN4O3/c1-29(19-7-3-2-4-8-19)25(32)16-30-22-10-6-5-9-21(22)28-23(30)15-27-24(31)17-33-20-13-11-18(26)12-14-20/h2-14H,15-17H2,1H3,(H,27,31). The second-order valence-corrected chi connectivity index (χ2v) is 7.85. The molecule has 1 heterocycles. The van der Waals surface area contributed by atoms with Crippen LogP contribution in [0.3, 0.4) is 0 Å². The highest BCUT2D eigenvalue weighted by atomic mass is 35.5. The van der Waals surface area contributed by atoms with Crippen LogP contribution in [0.4, 0.5) is 5.69 Å². The summed E-state index contributed by atoms with van der Waals surface area (Å²) in [6.07, 6.45) is 0. The zero-order chi connectivity index (χ0) is 23.2. The number of carbonyl (C=O) groups excluding carboxylic acids is 2. The predicted octanol–water partition coefficient (Wildman–Crippen LogP) is 4.05. The normalized spacial score (nSPS) is 10.7. The number of fused-ring (bicyclic) bond motifs is 1. The van der Waals surface area contributed by atoms with E-state index in [2.05, 4.69) is 10.3 Å². The molecule has 0 aliphatic carbocycles. The Kier molecular flexibility index (Phi) is 6.90. The highest BCUT2D eigenvalue weighted by Gasteiger charge is 2.17. The van der Waals surface area contributed by atoms with Crippen molar-refractivity contribution in [2.75, 3.05) is 18.6 Å². The molecule has 0 saturated heterocycles. The molecule has 2 amide bonds. The molecule has 3 aromatic carbocycles. The van der Waals surface area contributed by atoms with Gasteiger partial charge in [0.25, 0.3) is 5.91 Å². The van der Waals surface area contributed by atoms with E-state index in [9.17, 15) is 9.59 Å². The van der Waals surface area contributed by atoms with Gasteiger partial charge < -0.3 is 19.5 Å². The molecule has 0 aliphatic heterocycles. The number of nitrogens with zero attached hydrogens (tertiary/aromatic N) is 3. The number of imidazole rings is 1. The van der Waals surface area contributed by atoms with Gasteiger partial charge in [-0.3, -0.25) is 9.59 Å². The molecule has 0 fully saturated rings. The Labute approximate surface area is 196 Å². The predicted molar refractivity (Wildman–Crippen MR) is 128 cm³/mol. The molecule has 168 valence electrons. The lowest BCUT2D eigenvalue weighted by Gasteiger charge is -2.19. The lowest BCUT2D eigenvalue weighted by Crippen LogP contribution is -2.32. The molecule has 4 rings (SSSR count). The number of hydrogen-bond acceptors (Lipinski definition) is 4. The number of anilines is 1. The molecule has 0 unspecified atom stereocenters. The Balaban J connectivity index is 1.45. The maximum Gasteiger partial charge on any atom is 0.258 e. The van der Waals surface area contributed by atoms with E-state index in [-0.39, 0.29) is 31.5 Å². The van der Waals surface area contributed by atoms with E-state index < -0.39 is 0 Å². The summed E-state index contributed by atoms with van der Waals surface area (Å²) in [6.45, 7) is 0.121. The zero-order valence-electron chi connectivity index (χ0n) is 18.1. The minimum absolute atomic E-state index is 0.0944. The van der Waals surface area contributed by atoms with Crippen molar-refractivity contribution in [1.29, 1.82) is 0 Å². The number of amides is 2. The minimum Gasteiger partial charge on any atom is -0.484 e. The first-order valence-corrected chi connectivity index (χ1v) is 10.8. The van der Waals surface area contributed by atoms with Crippen LogP contribution in [-0.2, 0) is 22.7 Å². The van der Waals surface area contributed by atoms with Gasteiger partial charge in [0.1, 0.15) is 18.1 Å². The molecule has 4 aromatic rings. The third kappa shape index (κ3) is 5.51. The first-order valence-electron chi connectivity index (χ1n) is 10.4. The molecule has 8 heteroatoms. The SMILES string of the molecule is CN(C(=O)Cn1c(CNC(=O)COc2ccc(Cl)cc2)nc2ccccc21)c1ccccc1. The summed E-state index contributed by atoms with van der Waals surface area (Å²) in [5.74, 6) is 0.751. The quantitative estimate of drug-likeness (QED) is 0.428. The summed E-state index contributed by atoms with van der Waals surface area (Å²) < 4.78 is 7.32. The molecule has 1 aromatic heterocycles. The van der Waals surface area contributed by atoms with Gasteiger partial charge in [-0.2, -0.15) is 0 Å². The molecule has 0 spiro atoms. The van der Waals surface area contributed by atoms with E-state index in [0.29, 0.717) is 16.6 Å². The molecular weight excluding hydrogens is 440 g/mol. The maximum atomic E-state index is 13.0. The molecule has 0 atom stereocenters. The molecular formula is C25H23ClN4O3. The first kappa shape index (κ1) is 22.4. The number of ether oxygens (including phenoxy) is 1. The number of carbonyl (C=O) groups is 2. The van der Waals surface area contributed by atoms with Crippen molar-refractivity contribution in [3.63, 3.8) is 0 Å². The summed E-state index contributed by atoms with van der Waals surface area (Å²) in [4.78, 5) is 31.5. The second kappa shape index (κ2) is 10.2. The van der Waals surface area contributed by atoms with Crippen LogP contribution in [0.2, 0.25) is 5.02 Å². The largest absolute Gasteiger partial charge is 0.484 e. The lowest BCUT2D eigenvalue weighted by molar-refractivity contribution is -0.123. The smallest absolute Gasteiger partial charge is 0.258 e. The Morgan fingerprint density at radius 3 is 2.45 bits per heavy atom.